The van der Waals surface area contributed by atoms with Crippen LogP contribution in [0, 0.1) is 41.4 Å². The molecule has 11 atom stereocenters. The molecule has 0 aromatic rings. The Balaban J connectivity index is 1.80. The van der Waals surface area contributed by atoms with Gasteiger partial charge in [-0.2, -0.15) is 0 Å². The van der Waals surface area contributed by atoms with Crippen LogP contribution in [0.2, 0.25) is 36.3 Å². The highest BCUT2D eigenvalue weighted by molar-refractivity contribution is 6.74. The lowest BCUT2D eigenvalue weighted by atomic mass is 9.71. The molecule has 0 amide bonds. The topological polar surface area (TPSA) is 79.2 Å². The van der Waals surface area contributed by atoms with Gasteiger partial charge in [0.2, 0.25) is 0 Å². The minimum Gasteiger partial charge on any atom is -0.414 e. The van der Waals surface area contributed by atoms with Crippen LogP contribution in [0.25, 0.3) is 0 Å². The van der Waals surface area contributed by atoms with Crippen molar-refractivity contribution in [1.82, 2.24) is 0 Å². The van der Waals surface area contributed by atoms with Gasteiger partial charge in [-0.05, 0) is 123 Å². The van der Waals surface area contributed by atoms with Crippen LogP contribution in [0.3, 0.4) is 0 Å². The van der Waals surface area contributed by atoms with Crippen molar-refractivity contribution in [2.45, 2.75) is 167 Å². The fourth-order valence-corrected chi connectivity index (χ4v) is 10.8. The van der Waals surface area contributed by atoms with Crippen LogP contribution >= 0.6 is 0 Å². The molecule has 5 nitrogen and oxygen atoms in total. The van der Waals surface area contributed by atoms with E-state index in [-0.39, 0.29) is 40.7 Å². The van der Waals surface area contributed by atoms with Gasteiger partial charge in [0.15, 0.2) is 16.6 Å². The molecule has 0 aromatic carbocycles. The third kappa shape index (κ3) is 8.67. The van der Waals surface area contributed by atoms with Crippen LogP contribution in [0.15, 0.2) is 12.2 Å². The van der Waals surface area contributed by atoms with E-state index in [0.29, 0.717) is 35.7 Å². The Morgan fingerprint density at radius 2 is 1.49 bits per heavy atom. The maximum atomic E-state index is 12.2. The summed E-state index contributed by atoms with van der Waals surface area (Å²) < 4.78 is 14.0. The molecule has 0 aromatic heterocycles. The van der Waals surface area contributed by atoms with Gasteiger partial charge in [0.05, 0.1) is 18.3 Å². The molecule has 43 heavy (non-hydrogen) atoms. The van der Waals surface area contributed by atoms with Crippen LogP contribution in [0.1, 0.15) is 107 Å². The Labute approximate surface area is 267 Å². The lowest BCUT2D eigenvalue weighted by Gasteiger charge is -2.43. The summed E-state index contributed by atoms with van der Waals surface area (Å²) in [6.45, 7) is 27.6. The molecular formula is C36H70O5Si2. The molecule has 3 aliphatic rings. The third-order valence-corrected chi connectivity index (χ3v) is 21.9. The normalized spacial score (nSPS) is 32.8. The van der Waals surface area contributed by atoms with Crippen LogP contribution in [0.5, 0.6) is 0 Å². The van der Waals surface area contributed by atoms with Gasteiger partial charge in [-0.1, -0.05) is 67.5 Å². The molecule has 0 heterocycles. The number of allylic oxidation sites excluding steroid dienone is 2. The molecule has 3 aliphatic carbocycles. The molecular weight excluding hydrogens is 569 g/mol. The molecule has 2 fully saturated rings. The average molecular weight is 639 g/mol. The average Bonchev–Trinajstić information content (AvgIpc) is 3.46. The van der Waals surface area contributed by atoms with E-state index >= 15 is 0 Å². The van der Waals surface area contributed by atoms with E-state index in [1.165, 1.54) is 0 Å². The van der Waals surface area contributed by atoms with E-state index in [2.05, 4.69) is 86.8 Å². The van der Waals surface area contributed by atoms with Crippen LogP contribution in [0.4, 0.5) is 0 Å². The summed E-state index contributed by atoms with van der Waals surface area (Å²) in [6.07, 6.45) is 11.9. The number of rotatable bonds is 14. The predicted octanol–water partition coefficient (Wildman–Crippen LogP) is 8.55. The van der Waals surface area contributed by atoms with Gasteiger partial charge in [-0.15, -0.1) is 0 Å². The summed E-state index contributed by atoms with van der Waals surface area (Å²) in [7, 11) is -3.89. The minimum absolute atomic E-state index is 0.00254. The first-order valence-corrected chi connectivity index (χ1v) is 23.6. The van der Waals surface area contributed by atoms with E-state index in [1.54, 1.807) is 0 Å². The molecule has 0 aliphatic heterocycles. The van der Waals surface area contributed by atoms with Gasteiger partial charge in [-0.3, -0.25) is 0 Å². The van der Waals surface area contributed by atoms with Crippen molar-refractivity contribution in [2.24, 2.45) is 41.4 Å². The zero-order valence-electron chi connectivity index (χ0n) is 30.0. The minimum atomic E-state index is -2.06. The standard InChI is InChI=1S/C36H70O5Si2/c1-13-26(38)15-14-16-33(41-43(11,12)36(6,7)8)24(2)34(39)32-23-31-28(29(32)19-20-37)18-17-25-21-27(22-30(25)31)40-42(9,10)35(3,4)5/h17-18,24-34,37-39H,13-16,19-23H2,1-12H3/t24-,25-,26+,27-,28+,29+,30-,31-,32+,33+,34-/m1/s1. The van der Waals surface area contributed by atoms with Gasteiger partial charge < -0.3 is 24.2 Å². The fourth-order valence-electron chi connectivity index (χ4n) is 8.02. The first-order valence-electron chi connectivity index (χ1n) is 17.7. The molecule has 252 valence electrons. The summed E-state index contributed by atoms with van der Waals surface area (Å²) in [4.78, 5) is 0. The quantitative estimate of drug-likeness (QED) is 0.131. The lowest BCUT2D eigenvalue weighted by molar-refractivity contribution is -0.0240. The molecule has 0 spiro atoms. The van der Waals surface area contributed by atoms with Gasteiger partial charge in [0.25, 0.3) is 0 Å². The Kier molecular flexibility index (Phi) is 12.5. The first kappa shape index (κ1) is 37.4. The Hall–Kier alpha value is -0.0262. The summed E-state index contributed by atoms with van der Waals surface area (Å²) in [6, 6.07) is 0. The number of hydrogen-bond donors (Lipinski definition) is 3. The lowest BCUT2D eigenvalue weighted by Crippen LogP contribution is -2.48. The number of aliphatic hydroxyl groups excluding tert-OH is 3. The predicted molar refractivity (Wildman–Crippen MR) is 185 cm³/mol. The smallest absolute Gasteiger partial charge is 0.192 e. The van der Waals surface area contributed by atoms with Gasteiger partial charge in [0.1, 0.15) is 0 Å². The van der Waals surface area contributed by atoms with E-state index in [4.69, 9.17) is 8.85 Å². The zero-order chi connectivity index (χ0) is 32.5. The maximum Gasteiger partial charge on any atom is 0.192 e. The highest BCUT2D eigenvalue weighted by atomic mass is 28.4. The summed E-state index contributed by atoms with van der Waals surface area (Å²) in [5, 5.41) is 32.9. The molecule has 7 heteroatoms. The zero-order valence-corrected chi connectivity index (χ0v) is 32.0. The number of aliphatic hydroxyl groups is 3. The van der Waals surface area contributed by atoms with Crippen LogP contribution < -0.4 is 0 Å². The fraction of sp³-hybridized carbons (Fsp3) is 0.944. The molecule has 2 saturated carbocycles. The van der Waals surface area contributed by atoms with Crippen molar-refractivity contribution in [1.29, 1.82) is 0 Å². The summed E-state index contributed by atoms with van der Waals surface area (Å²) in [5.74, 6) is 2.59. The van der Waals surface area contributed by atoms with E-state index in [9.17, 15) is 15.3 Å². The number of hydrogen-bond acceptors (Lipinski definition) is 5. The van der Waals surface area contributed by atoms with E-state index < -0.39 is 22.7 Å². The summed E-state index contributed by atoms with van der Waals surface area (Å²) in [5.41, 5.74) is 0. The van der Waals surface area contributed by atoms with Gasteiger partial charge in [-0.25, -0.2) is 0 Å². The van der Waals surface area contributed by atoms with Crippen molar-refractivity contribution in [3.8, 4) is 0 Å². The Morgan fingerprint density at radius 3 is 2.05 bits per heavy atom. The molecule has 3 N–H and O–H groups in total. The second-order valence-electron chi connectivity index (χ2n) is 17.8. The molecule has 0 radical (unpaired) electrons. The van der Waals surface area contributed by atoms with Crippen molar-refractivity contribution in [2.75, 3.05) is 6.61 Å². The van der Waals surface area contributed by atoms with Crippen molar-refractivity contribution in [3.05, 3.63) is 12.2 Å². The van der Waals surface area contributed by atoms with Gasteiger partial charge in [0, 0.05) is 18.6 Å². The van der Waals surface area contributed by atoms with E-state index in [1.807, 2.05) is 6.92 Å². The second kappa shape index (κ2) is 14.4. The molecule has 0 saturated heterocycles. The molecule has 0 bridgehead atoms. The highest BCUT2D eigenvalue weighted by Gasteiger charge is 2.54. The highest BCUT2D eigenvalue weighted by Crippen LogP contribution is 2.58. The SMILES string of the molecule is CC[C@H](O)CCC[C@H](O[Si](C)(C)C(C)(C)C)[C@@H](C)[C@@H](O)[C@H]1C[C@@H]2[C@@H](C=C[C@@H]3C[C@@H](O[Si](C)(C)C(C)(C)C)C[C@@H]23)[C@@H]1CCO. The maximum absolute atomic E-state index is 12.2. The summed E-state index contributed by atoms with van der Waals surface area (Å²) >= 11 is 0. The van der Waals surface area contributed by atoms with Crippen molar-refractivity contribution < 1.29 is 24.2 Å². The van der Waals surface area contributed by atoms with Crippen LogP contribution in [-0.4, -0.2) is 63.0 Å². The molecule has 0 unspecified atom stereocenters. The van der Waals surface area contributed by atoms with E-state index in [0.717, 1.165) is 51.4 Å². The van der Waals surface area contributed by atoms with Crippen LogP contribution in [-0.2, 0) is 8.85 Å². The van der Waals surface area contributed by atoms with Crippen molar-refractivity contribution in [3.63, 3.8) is 0 Å². The largest absolute Gasteiger partial charge is 0.414 e. The Bertz CT molecular complexity index is 906. The third-order valence-electron chi connectivity index (χ3n) is 12.9. The van der Waals surface area contributed by atoms with Crippen molar-refractivity contribution >= 4 is 16.6 Å². The second-order valence-corrected chi connectivity index (χ2v) is 27.3. The number of fused-ring (bicyclic) bond motifs is 3. The van der Waals surface area contributed by atoms with Gasteiger partial charge >= 0.3 is 0 Å². The molecule has 3 rings (SSSR count). The monoisotopic (exact) mass is 638 g/mol. The Morgan fingerprint density at radius 1 is 0.860 bits per heavy atom. The first-order chi connectivity index (χ1) is 19.7.